The van der Waals surface area contributed by atoms with Gasteiger partial charge >= 0.3 is 0 Å². The molecule has 150 valence electrons. The molecule has 5 fully saturated rings. The summed E-state index contributed by atoms with van der Waals surface area (Å²) in [7, 11) is 0. The minimum absolute atomic E-state index is 0.524. The number of hydrogen-bond donors (Lipinski definition) is 0. The largest absolute Gasteiger partial charge is 0.378 e. The lowest BCUT2D eigenvalue weighted by Gasteiger charge is -2.63. The lowest BCUT2D eigenvalue weighted by atomic mass is 9.45. The highest BCUT2D eigenvalue weighted by atomic mass is 16.5. The second kappa shape index (κ2) is 5.42. The summed E-state index contributed by atoms with van der Waals surface area (Å²) in [5.41, 5.74) is 3.41. The van der Waals surface area contributed by atoms with Crippen molar-refractivity contribution in [3.63, 3.8) is 0 Å². The van der Waals surface area contributed by atoms with E-state index in [9.17, 15) is 0 Å². The zero-order chi connectivity index (χ0) is 18.6. The predicted octanol–water partition coefficient (Wildman–Crippen LogP) is 5.28. The first-order valence-corrected chi connectivity index (χ1v) is 12.0. The van der Waals surface area contributed by atoms with Crippen molar-refractivity contribution in [2.24, 2.45) is 39.9 Å². The van der Waals surface area contributed by atoms with Crippen LogP contribution in [0.5, 0.6) is 0 Å². The molecule has 5 aliphatic carbocycles. The van der Waals surface area contributed by atoms with E-state index in [1.54, 1.807) is 5.57 Å². The topological polar surface area (TPSA) is 12.5 Å². The van der Waals surface area contributed by atoms with E-state index in [0.717, 1.165) is 36.3 Å². The summed E-state index contributed by atoms with van der Waals surface area (Å²) in [5, 5.41) is 0. The van der Waals surface area contributed by atoms with Crippen LogP contribution in [0.3, 0.4) is 0 Å². The molecule has 5 bridgehead atoms. The van der Waals surface area contributed by atoms with Gasteiger partial charge in [-0.3, -0.25) is 4.90 Å². The Hall–Kier alpha value is -0.340. The Bertz CT molecular complexity index is 686. The molecule has 0 aromatic rings. The van der Waals surface area contributed by atoms with Gasteiger partial charge in [0.15, 0.2) is 0 Å². The smallest absolute Gasteiger partial charge is 0.0620 e. The predicted molar refractivity (Wildman–Crippen MR) is 109 cm³/mol. The molecule has 27 heavy (non-hydrogen) atoms. The molecule has 0 aromatic carbocycles. The fourth-order valence-corrected chi connectivity index (χ4v) is 10.8. The zero-order valence-corrected chi connectivity index (χ0v) is 18.0. The van der Waals surface area contributed by atoms with Gasteiger partial charge in [-0.1, -0.05) is 31.9 Å². The summed E-state index contributed by atoms with van der Waals surface area (Å²) in [6, 6.07) is 0.863. The maximum Gasteiger partial charge on any atom is 0.0620 e. The van der Waals surface area contributed by atoms with E-state index in [-0.39, 0.29) is 0 Å². The zero-order valence-electron chi connectivity index (χ0n) is 18.0. The Morgan fingerprint density at radius 2 is 2.00 bits per heavy atom. The molecule has 2 heteroatoms. The first-order chi connectivity index (χ1) is 13.0. The Balaban J connectivity index is 1.56. The van der Waals surface area contributed by atoms with Crippen LogP contribution in [0.25, 0.3) is 0 Å². The standard InChI is InChI=1S/C25H39NO/c1-5-26-15-23(4)10-8-12-25-20(23)14-18(22(25)26)24-11-7-9-16(3)17(24)13-19(21(24)25)27-6-2/h9,17-22H,5-8,10-15H2,1-4H3/t17?,18-,19-,20+,21-,22+,23-,24-,25+/m0/s1. The SMILES string of the molecule is CCO[C@H]1CC2C(C)=CCC[C@@]23[C@H]2C[C@@H]4[C@@]5(C)CCC[C@]4([C@@H]2N(CC)C5)[C@@H]13. The van der Waals surface area contributed by atoms with E-state index in [4.69, 9.17) is 4.74 Å². The van der Waals surface area contributed by atoms with Crippen LogP contribution in [0, 0.1) is 39.9 Å². The van der Waals surface area contributed by atoms with Gasteiger partial charge < -0.3 is 4.74 Å². The fourth-order valence-electron chi connectivity index (χ4n) is 10.8. The summed E-state index contributed by atoms with van der Waals surface area (Å²) in [6.45, 7) is 13.3. The van der Waals surface area contributed by atoms with Crippen molar-refractivity contribution in [2.75, 3.05) is 19.7 Å². The maximum atomic E-state index is 6.61. The molecule has 0 N–H and O–H groups in total. The summed E-state index contributed by atoms with van der Waals surface area (Å²) in [4.78, 5) is 2.98. The van der Waals surface area contributed by atoms with Gasteiger partial charge in [-0.05, 0) is 98.8 Å². The van der Waals surface area contributed by atoms with E-state index >= 15 is 0 Å². The van der Waals surface area contributed by atoms with Crippen molar-refractivity contribution in [3.05, 3.63) is 11.6 Å². The van der Waals surface area contributed by atoms with E-state index in [1.807, 2.05) is 0 Å². The van der Waals surface area contributed by atoms with Crippen LogP contribution >= 0.6 is 0 Å². The minimum Gasteiger partial charge on any atom is -0.378 e. The van der Waals surface area contributed by atoms with Gasteiger partial charge in [0.2, 0.25) is 0 Å². The average molecular weight is 370 g/mol. The van der Waals surface area contributed by atoms with Gasteiger partial charge in [0, 0.05) is 19.2 Å². The van der Waals surface area contributed by atoms with Crippen molar-refractivity contribution in [2.45, 2.75) is 84.8 Å². The molecular weight excluding hydrogens is 330 g/mol. The lowest BCUT2D eigenvalue weighted by Crippen LogP contribution is -2.64. The van der Waals surface area contributed by atoms with Crippen LogP contribution in [0.1, 0.15) is 72.6 Å². The molecular formula is C25H39NO. The number of hydrogen-bond acceptors (Lipinski definition) is 2. The molecule has 6 rings (SSSR count). The highest BCUT2D eigenvalue weighted by molar-refractivity contribution is 5.36. The number of likely N-dealkylation sites (tertiary alicyclic amines) is 1. The number of rotatable bonds is 3. The molecule has 0 amide bonds. The monoisotopic (exact) mass is 369 g/mol. The molecule has 2 spiro atoms. The van der Waals surface area contributed by atoms with Gasteiger partial charge in [-0.15, -0.1) is 0 Å². The third-order valence-corrected chi connectivity index (χ3v) is 10.9. The Morgan fingerprint density at radius 3 is 2.78 bits per heavy atom. The van der Waals surface area contributed by atoms with Crippen LogP contribution < -0.4 is 0 Å². The number of ether oxygens (including phenoxy) is 1. The third-order valence-electron chi connectivity index (χ3n) is 10.9. The summed E-state index contributed by atoms with van der Waals surface area (Å²) < 4.78 is 6.61. The van der Waals surface area contributed by atoms with E-state index in [1.165, 1.54) is 58.0 Å². The Morgan fingerprint density at radius 1 is 1.15 bits per heavy atom. The Kier molecular flexibility index (Phi) is 3.52. The molecule has 4 saturated carbocycles. The highest BCUT2D eigenvalue weighted by Crippen LogP contribution is 2.84. The van der Waals surface area contributed by atoms with Gasteiger partial charge in [0.1, 0.15) is 0 Å². The molecule has 6 aliphatic rings. The van der Waals surface area contributed by atoms with Crippen LogP contribution in [0.4, 0.5) is 0 Å². The quantitative estimate of drug-likeness (QED) is 0.627. The van der Waals surface area contributed by atoms with Gasteiger partial charge in [-0.25, -0.2) is 0 Å². The molecule has 1 unspecified atom stereocenters. The van der Waals surface area contributed by atoms with Gasteiger partial charge in [0.05, 0.1) is 6.10 Å². The molecule has 0 radical (unpaired) electrons. The molecule has 1 saturated heterocycles. The average Bonchev–Trinajstić information content (AvgIpc) is 3.19. The maximum absolute atomic E-state index is 6.61. The lowest BCUT2D eigenvalue weighted by molar-refractivity contribution is -0.166. The summed E-state index contributed by atoms with van der Waals surface area (Å²) >= 11 is 0. The number of allylic oxidation sites excluding steroid dienone is 2. The molecule has 9 atom stereocenters. The summed E-state index contributed by atoms with van der Waals surface area (Å²) in [5.74, 6) is 3.55. The van der Waals surface area contributed by atoms with Crippen LogP contribution in [0.15, 0.2) is 11.6 Å². The van der Waals surface area contributed by atoms with Crippen molar-refractivity contribution in [1.29, 1.82) is 0 Å². The van der Waals surface area contributed by atoms with Gasteiger partial charge in [0.25, 0.3) is 0 Å². The first-order valence-electron chi connectivity index (χ1n) is 12.0. The minimum atomic E-state index is 0.524. The molecule has 1 heterocycles. The van der Waals surface area contributed by atoms with E-state index in [2.05, 4.69) is 38.7 Å². The fraction of sp³-hybridized carbons (Fsp3) is 0.920. The van der Waals surface area contributed by atoms with Crippen LogP contribution in [-0.4, -0.2) is 36.7 Å². The van der Waals surface area contributed by atoms with Crippen molar-refractivity contribution >= 4 is 0 Å². The molecule has 1 aliphatic heterocycles. The third kappa shape index (κ3) is 1.75. The number of piperidine rings is 1. The van der Waals surface area contributed by atoms with Crippen molar-refractivity contribution in [1.82, 2.24) is 4.90 Å². The molecule has 2 nitrogen and oxygen atoms in total. The second-order valence-electron chi connectivity index (χ2n) is 11.4. The van der Waals surface area contributed by atoms with E-state index in [0.29, 0.717) is 22.3 Å². The van der Waals surface area contributed by atoms with Crippen molar-refractivity contribution < 1.29 is 4.74 Å². The van der Waals surface area contributed by atoms with Gasteiger partial charge in [-0.2, -0.15) is 0 Å². The summed E-state index contributed by atoms with van der Waals surface area (Å²) in [6.07, 6.45) is 13.2. The highest BCUT2D eigenvalue weighted by Gasteiger charge is 2.83. The first kappa shape index (κ1) is 17.5. The van der Waals surface area contributed by atoms with E-state index < -0.39 is 0 Å². The molecule has 0 aromatic heterocycles. The number of nitrogens with zero attached hydrogens (tertiary/aromatic N) is 1. The normalized spacial score (nSPS) is 58.1. The van der Waals surface area contributed by atoms with Crippen molar-refractivity contribution in [3.8, 4) is 0 Å². The van der Waals surface area contributed by atoms with Crippen LogP contribution in [0.2, 0.25) is 0 Å². The second-order valence-corrected chi connectivity index (χ2v) is 11.4. The van der Waals surface area contributed by atoms with Crippen LogP contribution in [-0.2, 0) is 4.74 Å². The Labute approximate surface area is 166 Å².